The van der Waals surface area contributed by atoms with Gasteiger partial charge in [0.15, 0.2) is 0 Å². The topological polar surface area (TPSA) is 28.2 Å². The van der Waals surface area contributed by atoms with E-state index in [0.29, 0.717) is 12.1 Å². The SMILES string of the molecule is CC(c1ccncc1)N(CC1CC1)CC1CCCN1. The first-order valence-corrected chi connectivity index (χ1v) is 7.70. The minimum atomic E-state index is 0.506. The molecule has 1 aromatic rings. The summed E-state index contributed by atoms with van der Waals surface area (Å²) in [5.74, 6) is 0.950. The van der Waals surface area contributed by atoms with E-state index in [-0.39, 0.29) is 0 Å². The van der Waals surface area contributed by atoms with Crippen LogP contribution in [0, 0.1) is 5.92 Å². The normalized spacial score (nSPS) is 24.8. The molecule has 3 nitrogen and oxygen atoms in total. The molecule has 3 heteroatoms. The molecular weight excluding hydrogens is 234 g/mol. The van der Waals surface area contributed by atoms with E-state index >= 15 is 0 Å². The van der Waals surface area contributed by atoms with E-state index in [1.165, 1.54) is 50.9 Å². The molecule has 1 aliphatic carbocycles. The van der Waals surface area contributed by atoms with Crippen LogP contribution in [0.1, 0.15) is 44.2 Å². The third kappa shape index (κ3) is 3.54. The number of pyridine rings is 1. The maximum absolute atomic E-state index is 4.13. The van der Waals surface area contributed by atoms with Gasteiger partial charge in [0.1, 0.15) is 0 Å². The molecule has 2 fully saturated rings. The Morgan fingerprint density at radius 1 is 1.26 bits per heavy atom. The number of hydrogen-bond acceptors (Lipinski definition) is 3. The molecule has 0 spiro atoms. The van der Waals surface area contributed by atoms with Gasteiger partial charge in [-0.05, 0) is 62.8 Å². The third-order valence-corrected chi connectivity index (χ3v) is 4.54. The van der Waals surface area contributed by atoms with Gasteiger partial charge in [-0.25, -0.2) is 0 Å². The summed E-state index contributed by atoms with van der Waals surface area (Å²) in [5, 5.41) is 3.63. The second-order valence-corrected chi connectivity index (χ2v) is 6.15. The molecule has 2 aliphatic rings. The van der Waals surface area contributed by atoms with Gasteiger partial charge in [-0.15, -0.1) is 0 Å². The number of hydrogen-bond donors (Lipinski definition) is 1. The van der Waals surface area contributed by atoms with Crippen LogP contribution in [0.25, 0.3) is 0 Å². The van der Waals surface area contributed by atoms with Gasteiger partial charge >= 0.3 is 0 Å². The lowest BCUT2D eigenvalue weighted by Crippen LogP contribution is -2.40. The van der Waals surface area contributed by atoms with Crippen molar-refractivity contribution in [1.82, 2.24) is 15.2 Å². The van der Waals surface area contributed by atoms with E-state index in [9.17, 15) is 0 Å². The summed E-state index contributed by atoms with van der Waals surface area (Å²) < 4.78 is 0. The fraction of sp³-hybridized carbons (Fsp3) is 0.688. The summed E-state index contributed by atoms with van der Waals surface area (Å²) in [6, 6.07) is 5.52. The number of aromatic nitrogens is 1. The summed E-state index contributed by atoms with van der Waals surface area (Å²) in [5.41, 5.74) is 1.40. The molecule has 0 amide bonds. The Kier molecular flexibility index (Phi) is 4.14. The average molecular weight is 259 g/mol. The first-order chi connectivity index (χ1) is 9.33. The molecule has 0 aromatic carbocycles. The quantitative estimate of drug-likeness (QED) is 0.851. The summed E-state index contributed by atoms with van der Waals surface area (Å²) >= 11 is 0. The minimum absolute atomic E-state index is 0.506. The predicted molar refractivity (Wildman–Crippen MR) is 78.0 cm³/mol. The lowest BCUT2D eigenvalue weighted by atomic mass is 10.1. The molecule has 0 bridgehead atoms. The van der Waals surface area contributed by atoms with Crippen LogP contribution in [0.15, 0.2) is 24.5 Å². The van der Waals surface area contributed by atoms with Gasteiger partial charge in [-0.1, -0.05) is 0 Å². The van der Waals surface area contributed by atoms with E-state index in [1.807, 2.05) is 12.4 Å². The number of nitrogens with one attached hydrogen (secondary N) is 1. The summed E-state index contributed by atoms with van der Waals surface area (Å²) in [7, 11) is 0. The van der Waals surface area contributed by atoms with Gasteiger partial charge in [0.25, 0.3) is 0 Å². The van der Waals surface area contributed by atoms with Crippen LogP contribution in [0.3, 0.4) is 0 Å². The second-order valence-electron chi connectivity index (χ2n) is 6.15. The van der Waals surface area contributed by atoms with Crippen LogP contribution >= 0.6 is 0 Å². The lowest BCUT2D eigenvalue weighted by Gasteiger charge is -2.31. The summed E-state index contributed by atoms with van der Waals surface area (Å²) in [4.78, 5) is 6.81. The minimum Gasteiger partial charge on any atom is -0.313 e. The van der Waals surface area contributed by atoms with Crippen molar-refractivity contribution in [2.75, 3.05) is 19.6 Å². The molecule has 1 saturated carbocycles. The largest absolute Gasteiger partial charge is 0.313 e. The van der Waals surface area contributed by atoms with Gasteiger partial charge in [0.05, 0.1) is 0 Å². The highest BCUT2D eigenvalue weighted by atomic mass is 15.2. The van der Waals surface area contributed by atoms with Gasteiger partial charge in [-0.2, -0.15) is 0 Å². The second kappa shape index (κ2) is 6.02. The molecule has 3 rings (SSSR count). The third-order valence-electron chi connectivity index (χ3n) is 4.54. The first-order valence-electron chi connectivity index (χ1n) is 7.70. The van der Waals surface area contributed by atoms with Gasteiger partial charge in [-0.3, -0.25) is 9.88 Å². The lowest BCUT2D eigenvalue weighted by molar-refractivity contribution is 0.184. The van der Waals surface area contributed by atoms with Crippen molar-refractivity contribution in [3.05, 3.63) is 30.1 Å². The standard InChI is InChI=1S/C16H25N3/c1-13(15-6-9-17-10-7-15)19(11-14-4-5-14)12-16-3-2-8-18-16/h6-7,9-10,13-14,16,18H,2-5,8,11-12H2,1H3. The van der Waals surface area contributed by atoms with Crippen molar-refractivity contribution in [2.45, 2.75) is 44.7 Å². The Labute approximate surface area is 116 Å². The zero-order valence-corrected chi connectivity index (χ0v) is 11.9. The van der Waals surface area contributed by atoms with Crippen LogP contribution in [-0.2, 0) is 0 Å². The van der Waals surface area contributed by atoms with Crippen LogP contribution < -0.4 is 5.32 Å². The maximum Gasteiger partial charge on any atom is 0.0321 e. The molecule has 19 heavy (non-hydrogen) atoms. The monoisotopic (exact) mass is 259 g/mol. The van der Waals surface area contributed by atoms with Crippen LogP contribution in [0.2, 0.25) is 0 Å². The van der Waals surface area contributed by atoms with Gasteiger partial charge in [0, 0.05) is 37.6 Å². The Hall–Kier alpha value is -0.930. The van der Waals surface area contributed by atoms with Crippen molar-refractivity contribution >= 4 is 0 Å². The van der Waals surface area contributed by atoms with Crippen molar-refractivity contribution in [3.8, 4) is 0 Å². The fourth-order valence-corrected chi connectivity index (χ4v) is 3.07. The molecule has 1 N–H and O–H groups in total. The highest BCUT2D eigenvalue weighted by Gasteiger charge is 2.29. The van der Waals surface area contributed by atoms with Crippen molar-refractivity contribution in [3.63, 3.8) is 0 Å². The Morgan fingerprint density at radius 3 is 2.68 bits per heavy atom. The zero-order valence-electron chi connectivity index (χ0n) is 11.9. The Balaban J connectivity index is 1.66. The Bertz CT molecular complexity index is 382. The van der Waals surface area contributed by atoms with E-state index in [4.69, 9.17) is 0 Å². The maximum atomic E-state index is 4.13. The molecule has 2 atom stereocenters. The highest BCUT2D eigenvalue weighted by Crippen LogP contribution is 2.33. The molecule has 0 radical (unpaired) electrons. The van der Waals surface area contributed by atoms with Crippen LogP contribution in [0.4, 0.5) is 0 Å². The zero-order chi connectivity index (χ0) is 13.1. The molecule has 104 valence electrons. The predicted octanol–water partition coefficient (Wildman–Crippen LogP) is 2.61. The molecule has 1 aromatic heterocycles. The van der Waals surface area contributed by atoms with E-state index in [0.717, 1.165) is 5.92 Å². The molecule has 1 aliphatic heterocycles. The van der Waals surface area contributed by atoms with Crippen molar-refractivity contribution in [1.29, 1.82) is 0 Å². The smallest absolute Gasteiger partial charge is 0.0321 e. The highest BCUT2D eigenvalue weighted by molar-refractivity contribution is 5.14. The number of rotatable bonds is 6. The van der Waals surface area contributed by atoms with E-state index < -0.39 is 0 Å². The van der Waals surface area contributed by atoms with Gasteiger partial charge < -0.3 is 5.32 Å². The van der Waals surface area contributed by atoms with E-state index in [2.05, 4.69) is 34.3 Å². The fourth-order valence-electron chi connectivity index (χ4n) is 3.07. The van der Waals surface area contributed by atoms with Crippen LogP contribution in [0.5, 0.6) is 0 Å². The molecule has 2 unspecified atom stereocenters. The number of nitrogens with zero attached hydrogens (tertiary/aromatic N) is 2. The first kappa shape index (κ1) is 13.1. The summed E-state index contributed by atoms with van der Waals surface area (Å²) in [6.07, 6.45) is 9.36. The average Bonchev–Trinajstić information content (AvgIpc) is 3.12. The van der Waals surface area contributed by atoms with E-state index in [1.54, 1.807) is 0 Å². The molecular formula is C16H25N3. The summed E-state index contributed by atoms with van der Waals surface area (Å²) in [6.45, 7) is 6.00. The molecule has 1 saturated heterocycles. The van der Waals surface area contributed by atoms with Crippen molar-refractivity contribution in [2.24, 2.45) is 5.92 Å². The van der Waals surface area contributed by atoms with Crippen molar-refractivity contribution < 1.29 is 0 Å². The van der Waals surface area contributed by atoms with Crippen LogP contribution in [-0.4, -0.2) is 35.6 Å². The van der Waals surface area contributed by atoms with Gasteiger partial charge in [0.2, 0.25) is 0 Å². The Morgan fingerprint density at radius 2 is 2.05 bits per heavy atom. The molecule has 2 heterocycles.